The van der Waals surface area contributed by atoms with Crippen molar-refractivity contribution in [2.75, 3.05) is 5.32 Å². The Morgan fingerprint density at radius 3 is 2.71 bits per heavy atom. The topological polar surface area (TPSA) is 12.0 Å². The third kappa shape index (κ3) is 3.18. The summed E-state index contributed by atoms with van der Waals surface area (Å²) >= 11 is 14.1. The first-order valence-electron chi connectivity index (χ1n) is 6.86. The number of hydrogen-bond acceptors (Lipinski definition) is 2. The van der Waals surface area contributed by atoms with Gasteiger partial charge in [-0.15, -0.1) is 11.3 Å². The van der Waals surface area contributed by atoms with Gasteiger partial charge in [-0.25, -0.2) is 0 Å². The number of thiophene rings is 1. The van der Waals surface area contributed by atoms with Crippen LogP contribution in [0.1, 0.15) is 24.9 Å². The number of benzene rings is 2. The minimum atomic E-state index is 0.172. The second kappa shape index (κ2) is 6.27. The van der Waals surface area contributed by atoms with Crippen LogP contribution >= 0.6 is 34.5 Å². The molecule has 2 aromatic carbocycles. The molecule has 3 aromatic rings. The molecule has 0 aliphatic heterocycles. The van der Waals surface area contributed by atoms with Crippen LogP contribution in [-0.4, -0.2) is 0 Å². The minimum Gasteiger partial charge on any atom is -0.378 e. The van der Waals surface area contributed by atoms with Gasteiger partial charge < -0.3 is 5.32 Å². The summed E-state index contributed by atoms with van der Waals surface area (Å²) in [7, 11) is 0. The molecule has 4 heteroatoms. The summed E-state index contributed by atoms with van der Waals surface area (Å²) in [6.45, 7) is 2.14. The zero-order valence-corrected chi connectivity index (χ0v) is 13.9. The molecule has 0 saturated heterocycles. The van der Waals surface area contributed by atoms with Crippen molar-refractivity contribution < 1.29 is 0 Å². The van der Waals surface area contributed by atoms with E-state index >= 15 is 0 Å². The highest BCUT2D eigenvalue weighted by Crippen LogP contribution is 2.32. The molecule has 1 nitrogen and oxygen atoms in total. The van der Waals surface area contributed by atoms with Crippen molar-refractivity contribution in [3.63, 3.8) is 0 Å². The monoisotopic (exact) mass is 335 g/mol. The molecule has 0 amide bonds. The van der Waals surface area contributed by atoms with Crippen LogP contribution in [0.2, 0.25) is 10.0 Å². The van der Waals surface area contributed by atoms with E-state index < -0.39 is 0 Å². The Bertz CT molecular complexity index is 766. The predicted octanol–water partition coefficient (Wildman–Crippen LogP) is 6.77. The molecule has 21 heavy (non-hydrogen) atoms. The van der Waals surface area contributed by atoms with E-state index in [0.717, 1.165) is 17.7 Å². The Labute approximate surface area is 138 Å². The molecular weight excluding hydrogens is 321 g/mol. The van der Waals surface area contributed by atoms with Gasteiger partial charge in [-0.3, -0.25) is 0 Å². The van der Waals surface area contributed by atoms with Crippen molar-refractivity contribution in [1.82, 2.24) is 0 Å². The molecule has 0 bridgehead atoms. The molecule has 108 valence electrons. The summed E-state index contributed by atoms with van der Waals surface area (Å²) < 4.78 is 1.30. The molecule has 0 fully saturated rings. The van der Waals surface area contributed by atoms with Gasteiger partial charge in [-0.1, -0.05) is 36.2 Å². The third-order valence-corrected chi connectivity index (χ3v) is 5.00. The number of nitrogens with one attached hydrogen (secondary N) is 1. The highest BCUT2D eigenvalue weighted by Gasteiger charge is 2.13. The van der Waals surface area contributed by atoms with Crippen molar-refractivity contribution in [3.05, 3.63) is 63.5 Å². The molecule has 0 aliphatic rings. The van der Waals surface area contributed by atoms with Crippen molar-refractivity contribution in [1.29, 1.82) is 0 Å². The van der Waals surface area contributed by atoms with Gasteiger partial charge in [-0.2, -0.15) is 0 Å². The van der Waals surface area contributed by atoms with E-state index in [9.17, 15) is 0 Å². The van der Waals surface area contributed by atoms with Crippen LogP contribution in [0.3, 0.4) is 0 Å². The standard InChI is InChI=1S/C17H15Cl2NS/c1-2-16(14-5-3-12(18)10-15(14)19)20-13-4-6-17-11(9-13)7-8-21-17/h3-10,16,20H,2H2,1H3. The third-order valence-electron chi connectivity index (χ3n) is 3.54. The maximum Gasteiger partial charge on any atom is 0.0525 e. The van der Waals surface area contributed by atoms with Gasteiger partial charge in [0.15, 0.2) is 0 Å². The Balaban J connectivity index is 1.89. The first-order chi connectivity index (χ1) is 10.2. The van der Waals surface area contributed by atoms with Crippen LogP contribution in [0, 0.1) is 0 Å². The smallest absolute Gasteiger partial charge is 0.0525 e. The van der Waals surface area contributed by atoms with Crippen LogP contribution in [0.5, 0.6) is 0 Å². The van der Waals surface area contributed by atoms with Crippen molar-refractivity contribution in [2.24, 2.45) is 0 Å². The highest BCUT2D eigenvalue weighted by molar-refractivity contribution is 7.17. The Hall–Kier alpha value is -1.22. The molecule has 0 aliphatic carbocycles. The van der Waals surface area contributed by atoms with E-state index in [-0.39, 0.29) is 6.04 Å². The molecule has 1 aromatic heterocycles. The van der Waals surface area contributed by atoms with Gasteiger partial charge in [0, 0.05) is 20.4 Å². The van der Waals surface area contributed by atoms with E-state index in [0.29, 0.717) is 10.0 Å². The normalized spacial score (nSPS) is 12.5. The zero-order valence-electron chi connectivity index (χ0n) is 11.6. The Morgan fingerprint density at radius 1 is 1.10 bits per heavy atom. The molecule has 3 rings (SSSR count). The van der Waals surface area contributed by atoms with Gasteiger partial charge in [0.1, 0.15) is 0 Å². The lowest BCUT2D eigenvalue weighted by Crippen LogP contribution is -2.10. The molecule has 0 radical (unpaired) electrons. The molecule has 1 N–H and O–H groups in total. The van der Waals surface area contributed by atoms with E-state index in [1.165, 1.54) is 10.1 Å². The van der Waals surface area contributed by atoms with Crippen LogP contribution < -0.4 is 5.32 Å². The van der Waals surface area contributed by atoms with Crippen molar-refractivity contribution in [2.45, 2.75) is 19.4 Å². The lowest BCUT2D eigenvalue weighted by atomic mass is 10.0. The summed E-state index contributed by atoms with van der Waals surface area (Å²) in [5.41, 5.74) is 2.19. The SMILES string of the molecule is CCC(Nc1ccc2sccc2c1)c1ccc(Cl)cc1Cl. The summed E-state index contributed by atoms with van der Waals surface area (Å²) in [5, 5.41) is 8.31. The minimum absolute atomic E-state index is 0.172. The van der Waals surface area contributed by atoms with Gasteiger partial charge in [-0.05, 0) is 59.1 Å². The molecule has 1 atom stereocenters. The fourth-order valence-corrected chi connectivity index (χ4v) is 3.75. The maximum absolute atomic E-state index is 6.32. The molecule has 0 saturated carbocycles. The summed E-state index contributed by atoms with van der Waals surface area (Å²) in [5.74, 6) is 0. The summed E-state index contributed by atoms with van der Waals surface area (Å²) in [6, 6.07) is 14.4. The zero-order chi connectivity index (χ0) is 14.8. The largest absolute Gasteiger partial charge is 0.378 e. The van der Waals surface area contributed by atoms with Crippen LogP contribution in [0.15, 0.2) is 47.8 Å². The average Bonchev–Trinajstić information content (AvgIpc) is 2.93. The number of hydrogen-bond donors (Lipinski definition) is 1. The second-order valence-corrected chi connectivity index (χ2v) is 6.74. The number of fused-ring (bicyclic) bond motifs is 1. The highest BCUT2D eigenvalue weighted by atomic mass is 35.5. The van der Waals surface area contributed by atoms with Crippen LogP contribution in [0.4, 0.5) is 5.69 Å². The average molecular weight is 336 g/mol. The van der Waals surface area contributed by atoms with Crippen molar-refractivity contribution in [3.8, 4) is 0 Å². The predicted molar refractivity (Wildman–Crippen MR) is 94.9 cm³/mol. The molecular formula is C17H15Cl2NS. The van der Waals surface area contributed by atoms with Crippen LogP contribution in [-0.2, 0) is 0 Å². The second-order valence-electron chi connectivity index (χ2n) is 4.94. The fraction of sp³-hybridized carbons (Fsp3) is 0.176. The van der Waals surface area contributed by atoms with Crippen molar-refractivity contribution >= 4 is 50.3 Å². The van der Waals surface area contributed by atoms with E-state index in [1.54, 1.807) is 17.4 Å². The number of anilines is 1. The molecule has 1 heterocycles. The van der Waals surface area contributed by atoms with Gasteiger partial charge >= 0.3 is 0 Å². The molecule has 0 spiro atoms. The lowest BCUT2D eigenvalue weighted by molar-refractivity contribution is 0.750. The first-order valence-corrected chi connectivity index (χ1v) is 8.49. The summed E-state index contributed by atoms with van der Waals surface area (Å²) in [4.78, 5) is 0. The Kier molecular flexibility index (Phi) is 4.39. The first kappa shape index (κ1) is 14.7. The Morgan fingerprint density at radius 2 is 1.95 bits per heavy atom. The van der Waals surface area contributed by atoms with E-state index in [4.69, 9.17) is 23.2 Å². The van der Waals surface area contributed by atoms with Gasteiger partial charge in [0.2, 0.25) is 0 Å². The quantitative estimate of drug-likeness (QED) is 0.554. The molecule has 1 unspecified atom stereocenters. The van der Waals surface area contributed by atoms with Crippen LogP contribution in [0.25, 0.3) is 10.1 Å². The van der Waals surface area contributed by atoms with E-state index in [2.05, 4.69) is 41.9 Å². The lowest BCUT2D eigenvalue weighted by Gasteiger charge is -2.20. The van der Waals surface area contributed by atoms with Gasteiger partial charge in [0.05, 0.1) is 6.04 Å². The summed E-state index contributed by atoms with van der Waals surface area (Å²) in [6.07, 6.45) is 0.947. The number of rotatable bonds is 4. The number of halogens is 2. The fourth-order valence-electron chi connectivity index (χ4n) is 2.44. The van der Waals surface area contributed by atoms with E-state index in [1.807, 2.05) is 12.1 Å². The van der Waals surface area contributed by atoms with Gasteiger partial charge in [0.25, 0.3) is 0 Å². The maximum atomic E-state index is 6.32.